The van der Waals surface area contributed by atoms with Gasteiger partial charge in [0.15, 0.2) is 0 Å². The van der Waals surface area contributed by atoms with Crippen molar-refractivity contribution in [3.8, 4) is 0 Å². The molecule has 0 saturated heterocycles. The van der Waals surface area contributed by atoms with Crippen LogP contribution in [0, 0.1) is 5.92 Å². The van der Waals surface area contributed by atoms with E-state index in [-0.39, 0.29) is 17.7 Å². The zero-order valence-corrected chi connectivity index (χ0v) is 15.2. The molecular weight excluding hydrogens is 395 g/mol. The third kappa shape index (κ3) is 4.10. The van der Waals surface area contributed by atoms with Crippen LogP contribution in [0.3, 0.4) is 0 Å². The zero-order valence-electron chi connectivity index (χ0n) is 14.4. The summed E-state index contributed by atoms with van der Waals surface area (Å²) in [5.74, 6) is -1.70. The molecule has 2 aromatic carbocycles. The Morgan fingerprint density at radius 3 is 1.71 bits per heavy atom. The number of hydrogen-bond acceptors (Lipinski definition) is 3. The smallest absolute Gasteiger partial charge is 0.416 e. The van der Waals surface area contributed by atoms with E-state index in [1.165, 1.54) is 36.4 Å². The van der Waals surface area contributed by atoms with Crippen LogP contribution in [0.4, 0.5) is 13.2 Å². The summed E-state index contributed by atoms with van der Waals surface area (Å²) in [5, 5.41) is 14.5. The minimum Gasteiger partial charge on any atom is -0.481 e. The first-order valence-corrected chi connectivity index (χ1v) is 9.77. The van der Waals surface area contributed by atoms with E-state index in [0.717, 1.165) is 12.1 Å². The maximum absolute atomic E-state index is 12.8. The Hall–Kier alpha value is -2.65. The van der Waals surface area contributed by atoms with Gasteiger partial charge in [0.1, 0.15) is 0 Å². The van der Waals surface area contributed by atoms with Gasteiger partial charge in [0.25, 0.3) is 0 Å². The van der Waals surface area contributed by atoms with Gasteiger partial charge >= 0.3 is 12.1 Å². The van der Waals surface area contributed by atoms with Crippen LogP contribution in [-0.2, 0) is 21.0 Å². The van der Waals surface area contributed by atoms with E-state index < -0.39 is 33.7 Å². The van der Waals surface area contributed by atoms with E-state index in [1.807, 2.05) is 0 Å². The molecule has 148 valence electrons. The lowest BCUT2D eigenvalue weighted by molar-refractivity contribution is -0.141. The van der Waals surface area contributed by atoms with Gasteiger partial charge in [-0.05, 0) is 59.4 Å². The van der Waals surface area contributed by atoms with Gasteiger partial charge in [-0.25, -0.2) is 13.6 Å². The molecule has 3 N–H and O–H groups in total. The van der Waals surface area contributed by atoms with E-state index in [4.69, 9.17) is 5.14 Å². The maximum Gasteiger partial charge on any atom is 0.416 e. The summed E-state index contributed by atoms with van der Waals surface area (Å²) >= 11 is 0. The van der Waals surface area contributed by atoms with Crippen LogP contribution in [0.2, 0.25) is 0 Å². The van der Waals surface area contributed by atoms with Crippen molar-refractivity contribution in [1.29, 1.82) is 0 Å². The molecule has 1 aliphatic carbocycles. The predicted octanol–water partition coefficient (Wildman–Crippen LogP) is 3.76. The second-order valence-corrected chi connectivity index (χ2v) is 8.11. The monoisotopic (exact) mass is 411 g/mol. The molecule has 0 spiro atoms. The highest BCUT2D eigenvalue weighted by Crippen LogP contribution is 2.43. The lowest BCUT2D eigenvalue weighted by Gasteiger charge is -2.11. The highest BCUT2D eigenvalue weighted by molar-refractivity contribution is 7.89. The topological polar surface area (TPSA) is 97.5 Å². The number of benzene rings is 2. The number of aliphatic carboxylic acids is 1. The van der Waals surface area contributed by atoms with Crippen LogP contribution in [0.25, 0.3) is 11.1 Å². The van der Waals surface area contributed by atoms with E-state index in [1.54, 1.807) is 0 Å². The lowest BCUT2D eigenvalue weighted by atomic mass is 9.96. The number of carbonyl (C=O) groups is 1. The van der Waals surface area contributed by atoms with E-state index >= 15 is 0 Å². The summed E-state index contributed by atoms with van der Waals surface area (Å²) in [4.78, 5) is 11.4. The average molecular weight is 411 g/mol. The summed E-state index contributed by atoms with van der Waals surface area (Å²) in [7, 11) is -3.87. The number of hydrogen-bond donors (Lipinski definition) is 2. The minimum absolute atomic E-state index is 0.0827. The molecule has 0 saturated carbocycles. The second kappa shape index (κ2) is 7.06. The first kappa shape index (κ1) is 20.1. The minimum atomic E-state index is -4.46. The number of alkyl halides is 3. The van der Waals surface area contributed by atoms with Gasteiger partial charge < -0.3 is 5.11 Å². The number of primary sulfonamides is 1. The molecule has 0 radical (unpaired) electrons. The summed E-state index contributed by atoms with van der Waals surface area (Å²) < 4.78 is 61.2. The molecule has 0 bridgehead atoms. The third-order valence-electron chi connectivity index (χ3n) is 4.71. The van der Waals surface area contributed by atoms with Crippen LogP contribution < -0.4 is 5.14 Å². The van der Waals surface area contributed by atoms with Gasteiger partial charge in [0.05, 0.1) is 16.4 Å². The molecule has 1 atom stereocenters. The summed E-state index contributed by atoms with van der Waals surface area (Å²) in [6.45, 7) is 0. The van der Waals surface area contributed by atoms with Crippen molar-refractivity contribution < 1.29 is 31.5 Å². The molecule has 0 aliphatic heterocycles. The summed E-state index contributed by atoms with van der Waals surface area (Å²) in [5.41, 5.74) is 1.61. The van der Waals surface area contributed by atoms with Crippen LogP contribution in [0.15, 0.2) is 53.4 Å². The molecule has 9 heteroatoms. The average Bonchev–Trinajstić information content (AvgIpc) is 3.06. The van der Waals surface area contributed by atoms with Crippen molar-refractivity contribution in [2.24, 2.45) is 11.1 Å². The Morgan fingerprint density at radius 1 is 0.929 bits per heavy atom. The van der Waals surface area contributed by atoms with Gasteiger partial charge in [-0.1, -0.05) is 24.3 Å². The first-order chi connectivity index (χ1) is 13.0. The fourth-order valence-corrected chi connectivity index (χ4v) is 3.79. The number of halogens is 3. The van der Waals surface area contributed by atoms with Crippen LogP contribution in [0.5, 0.6) is 0 Å². The number of sulfonamides is 1. The SMILES string of the molecule is NS(=O)(=O)c1ccc(C2=C(c3ccc(C(F)(F)F)cc3)CC(C(=O)O)C2)cc1. The highest BCUT2D eigenvalue weighted by atomic mass is 32.2. The van der Waals surface area contributed by atoms with Crippen molar-refractivity contribution in [1.82, 2.24) is 0 Å². The van der Waals surface area contributed by atoms with E-state index in [0.29, 0.717) is 22.3 Å². The molecule has 1 aliphatic rings. The Balaban J connectivity index is 2.04. The molecule has 2 aromatic rings. The lowest BCUT2D eigenvalue weighted by Crippen LogP contribution is -2.12. The quantitative estimate of drug-likeness (QED) is 0.801. The Bertz CT molecular complexity index is 1040. The number of carboxylic acids is 1. The normalized spacial score (nSPS) is 17.8. The molecule has 0 fully saturated rings. The molecule has 0 aromatic heterocycles. The number of rotatable bonds is 4. The van der Waals surface area contributed by atoms with Crippen LogP contribution in [0.1, 0.15) is 29.5 Å². The molecular formula is C19H16F3NO4S. The molecule has 3 rings (SSSR count). The number of nitrogens with two attached hydrogens (primary N) is 1. The Labute approximate surface area is 159 Å². The summed E-state index contributed by atoms with van der Waals surface area (Å²) in [6.07, 6.45) is -4.09. The van der Waals surface area contributed by atoms with Crippen molar-refractivity contribution in [2.45, 2.75) is 23.9 Å². The van der Waals surface area contributed by atoms with Crippen molar-refractivity contribution in [3.05, 3.63) is 65.2 Å². The zero-order chi connectivity index (χ0) is 20.7. The second-order valence-electron chi connectivity index (χ2n) is 6.55. The first-order valence-electron chi connectivity index (χ1n) is 8.22. The van der Waals surface area contributed by atoms with Gasteiger partial charge in [0, 0.05) is 0 Å². The maximum atomic E-state index is 12.8. The predicted molar refractivity (Wildman–Crippen MR) is 96.4 cm³/mol. The standard InChI is InChI=1S/C19H16F3NO4S/c20-19(21,22)14-5-1-11(2-6-14)16-9-13(18(24)25)10-17(16)12-3-7-15(8-4-12)28(23,26)27/h1-8,13H,9-10H2,(H,24,25)(H2,23,26,27). The van der Waals surface area contributed by atoms with Crippen molar-refractivity contribution in [3.63, 3.8) is 0 Å². The van der Waals surface area contributed by atoms with Crippen LogP contribution in [-0.4, -0.2) is 19.5 Å². The van der Waals surface area contributed by atoms with Crippen LogP contribution >= 0.6 is 0 Å². The van der Waals surface area contributed by atoms with E-state index in [9.17, 15) is 31.5 Å². The van der Waals surface area contributed by atoms with Gasteiger partial charge in [-0.15, -0.1) is 0 Å². The largest absolute Gasteiger partial charge is 0.481 e. The van der Waals surface area contributed by atoms with E-state index in [2.05, 4.69) is 0 Å². The van der Waals surface area contributed by atoms with Crippen molar-refractivity contribution in [2.75, 3.05) is 0 Å². The highest BCUT2D eigenvalue weighted by Gasteiger charge is 2.33. The summed E-state index contributed by atoms with van der Waals surface area (Å²) in [6, 6.07) is 10.2. The molecule has 1 unspecified atom stereocenters. The van der Waals surface area contributed by atoms with Gasteiger partial charge in [-0.2, -0.15) is 13.2 Å². The number of carboxylic acid groups (broad SMARTS) is 1. The fourth-order valence-electron chi connectivity index (χ4n) is 3.28. The molecule has 5 nitrogen and oxygen atoms in total. The Kier molecular flexibility index (Phi) is 5.07. The number of allylic oxidation sites excluding steroid dienone is 2. The molecule has 0 heterocycles. The van der Waals surface area contributed by atoms with Crippen molar-refractivity contribution >= 4 is 27.1 Å². The molecule has 28 heavy (non-hydrogen) atoms. The fraction of sp³-hybridized carbons (Fsp3) is 0.211. The van der Waals surface area contributed by atoms with Gasteiger partial charge in [-0.3, -0.25) is 4.79 Å². The Morgan fingerprint density at radius 2 is 1.36 bits per heavy atom. The third-order valence-corrected chi connectivity index (χ3v) is 5.64. The van der Waals surface area contributed by atoms with Gasteiger partial charge in [0.2, 0.25) is 10.0 Å². The molecule has 0 amide bonds.